The van der Waals surface area contributed by atoms with Crippen molar-refractivity contribution in [3.63, 3.8) is 0 Å². The van der Waals surface area contributed by atoms with Crippen LogP contribution in [0.5, 0.6) is 5.75 Å². The maximum absolute atomic E-state index is 13.0. The molecule has 2 aromatic carbocycles. The van der Waals surface area contributed by atoms with Crippen LogP contribution < -0.4 is 9.64 Å². The summed E-state index contributed by atoms with van der Waals surface area (Å²) in [6.45, 7) is 6.28. The van der Waals surface area contributed by atoms with E-state index < -0.39 is 0 Å². The Bertz CT molecular complexity index is 1000. The van der Waals surface area contributed by atoms with E-state index in [4.69, 9.17) is 4.74 Å². The number of rotatable bonds is 13. The molecule has 4 rings (SSSR count). The second-order valence-corrected chi connectivity index (χ2v) is 9.58. The van der Waals surface area contributed by atoms with Gasteiger partial charge in [0, 0.05) is 30.6 Å². The molecule has 5 heteroatoms. The second-order valence-electron chi connectivity index (χ2n) is 9.58. The first-order chi connectivity index (χ1) is 16.6. The molecule has 2 heterocycles. The van der Waals surface area contributed by atoms with Crippen LogP contribution >= 0.6 is 0 Å². The van der Waals surface area contributed by atoms with Crippen molar-refractivity contribution in [1.29, 1.82) is 0 Å². The van der Waals surface area contributed by atoms with E-state index >= 15 is 0 Å². The Morgan fingerprint density at radius 2 is 1.94 bits per heavy atom. The van der Waals surface area contributed by atoms with Crippen LogP contribution in [0.25, 0.3) is 0 Å². The van der Waals surface area contributed by atoms with Crippen LogP contribution in [0.1, 0.15) is 66.1 Å². The van der Waals surface area contributed by atoms with Gasteiger partial charge in [0.25, 0.3) is 0 Å². The number of benzene rings is 2. The quantitative estimate of drug-likeness (QED) is 0.241. The highest BCUT2D eigenvalue weighted by atomic mass is 16.5. The summed E-state index contributed by atoms with van der Waals surface area (Å²) in [6.07, 6.45) is 8.53. The zero-order chi connectivity index (χ0) is 23.9. The molecule has 182 valence electrons. The summed E-state index contributed by atoms with van der Waals surface area (Å²) in [4.78, 5) is 29.2. The molecule has 0 fully saturated rings. The van der Waals surface area contributed by atoms with Gasteiger partial charge in [0.05, 0.1) is 13.2 Å². The number of carbonyl (C=O) groups excluding carboxylic acids is 2. The van der Waals surface area contributed by atoms with Gasteiger partial charge >= 0.3 is 0 Å². The molecule has 2 aliphatic heterocycles. The van der Waals surface area contributed by atoms with E-state index in [1.54, 1.807) is 7.11 Å². The SMILES string of the molecule is CCN(CCCCC(=O)c1cc2c3c(c1)CC(C=O)N3CCC2)CCCc1ccccc1OC. The highest BCUT2D eigenvalue weighted by Gasteiger charge is 2.33. The smallest absolute Gasteiger partial charge is 0.162 e. The van der Waals surface area contributed by atoms with E-state index in [-0.39, 0.29) is 11.8 Å². The number of aryl methyl sites for hydroxylation is 2. The zero-order valence-electron chi connectivity index (χ0n) is 20.7. The van der Waals surface area contributed by atoms with Crippen molar-refractivity contribution in [3.05, 3.63) is 58.7 Å². The first-order valence-corrected chi connectivity index (χ1v) is 12.9. The lowest BCUT2D eigenvalue weighted by atomic mass is 9.94. The number of Topliss-reactive ketones (excluding diaryl/α,β-unsaturated/α-hetero) is 1. The second kappa shape index (κ2) is 11.7. The molecule has 1 unspecified atom stereocenters. The first kappa shape index (κ1) is 24.5. The van der Waals surface area contributed by atoms with Gasteiger partial charge in [-0.05, 0) is 93.0 Å². The molecular weight excluding hydrogens is 424 g/mol. The molecule has 0 aliphatic carbocycles. The maximum Gasteiger partial charge on any atom is 0.162 e. The summed E-state index contributed by atoms with van der Waals surface area (Å²) in [5, 5.41) is 0. The predicted molar refractivity (Wildman–Crippen MR) is 137 cm³/mol. The average molecular weight is 463 g/mol. The minimum Gasteiger partial charge on any atom is -0.496 e. The normalized spacial score (nSPS) is 16.6. The standard InChI is InChI=1S/C29H38N2O3/c1-3-30(16-8-11-22-10-4-5-14-28(22)34-2)15-7-6-13-27(33)24-18-23-12-9-17-31-26(21-32)20-25(19-24)29(23)31/h4-5,10,14,18-19,21,26H,3,6-9,11-13,15-17,20H2,1-2H3. The van der Waals surface area contributed by atoms with Crippen LogP contribution in [-0.2, 0) is 24.1 Å². The van der Waals surface area contributed by atoms with Crippen LogP contribution in [-0.4, -0.2) is 56.3 Å². The fraction of sp³-hybridized carbons (Fsp3) is 0.517. The Morgan fingerprint density at radius 1 is 1.15 bits per heavy atom. The van der Waals surface area contributed by atoms with Crippen molar-refractivity contribution in [2.75, 3.05) is 38.2 Å². The van der Waals surface area contributed by atoms with E-state index in [2.05, 4.69) is 41.0 Å². The third-order valence-corrected chi connectivity index (χ3v) is 7.40. The van der Waals surface area contributed by atoms with Gasteiger partial charge in [0.1, 0.15) is 12.0 Å². The fourth-order valence-corrected chi connectivity index (χ4v) is 5.57. The largest absolute Gasteiger partial charge is 0.496 e. The summed E-state index contributed by atoms with van der Waals surface area (Å²) >= 11 is 0. The number of aldehydes is 1. The molecule has 0 bridgehead atoms. The maximum atomic E-state index is 13.0. The number of unbranched alkanes of at least 4 members (excludes halogenated alkanes) is 1. The molecular formula is C29H38N2O3. The van der Waals surface area contributed by atoms with E-state index in [1.165, 1.54) is 22.4 Å². The number of methoxy groups -OCH3 is 1. The summed E-state index contributed by atoms with van der Waals surface area (Å²) in [5.41, 5.74) is 5.77. The molecule has 2 aliphatic rings. The summed E-state index contributed by atoms with van der Waals surface area (Å²) in [5.74, 6) is 1.21. The number of carbonyl (C=O) groups is 2. The van der Waals surface area contributed by atoms with Crippen LogP contribution in [0.2, 0.25) is 0 Å². The highest BCUT2D eigenvalue weighted by molar-refractivity contribution is 5.97. The van der Waals surface area contributed by atoms with Gasteiger partial charge in [-0.2, -0.15) is 0 Å². The number of hydrogen-bond acceptors (Lipinski definition) is 5. The van der Waals surface area contributed by atoms with Crippen molar-refractivity contribution < 1.29 is 14.3 Å². The van der Waals surface area contributed by atoms with Crippen LogP contribution in [0, 0.1) is 0 Å². The molecule has 2 aromatic rings. The summed E-state index contributed by atoms with van der Waals surface area (Å²) < 4.78 is 5.46. The van der Waals surface area contributed by atoms with Crippen LogP contribution in [0.4, 0.5) is 5.69 Å². The molecule has 5 nitrogen and oxygen atoms in total. The molecule has 34 heavy (non-hydrogen) atoms. The van der Waals surface area contributed by atoms with Crippen molar-refractivity contribution in [3.8, 4) is 5.75 Å². The number of para-hydroxylation sites is 1. The third-order valence-electron chi connectivity index (χ3n) is 7.40. The Morgan fingerprint density at radius 3 is 2.74 bits per heavy atom. The lowest BCUT2D eigenvalue weighted by Gasteiger charge is -2.30. The van der Waals surface area contributed by atoms with Gasteiger partial charge in [0.2, 0.25) is 0 Å². The Kier molecular flexibility index (Phi) is 8.39. The summed E-state index contributed by atoms with van der Waals surface area (Å²) in [6, 6.07) is 12.3. The van der Waals surface area contributed by atoms with Crippen molar-refractivity contribution in [1.82, 2.24) is 4.90 Å². The molecule has 0 amide bonds. The lowest BCUT2D eigenvalue weighted by Crippen LogP contribution is -2.36. The Labute approximate surface area is 204 Å². The number of anilines is 1. The fourth-order valence-electron chi connectivity index (χ4n) is 5.57. The molecule has 0 radical (unpaired) electrons. The lowest BCUT2D eigenvalue weighted by molar-refractivity contribution is -0.108. The highest BCUT2D eigenvalue weighted by Crippen LogP contribution is 2.39. The topological polar surface area (TPSA) is 49.9 Å². The van der Waals surface area contributed by atoms with E-state index in [0.717, 1.165) is 88.7 Å². The minimum atomic E-state index is -0.0533. The Hall–Kier alpha value is -2.66. The van der Waals surface area contributed by atoms with Crippen molar-refractivity contribution >= 4 is 17.8 Å². The van der Waals surface area contributed by atoms with E-state index in [1.807, 2.05) is 12.1 Å². The number of ether oxygens (including phenoxy) is 1. The average Bonchev–Trinajstić information content (AvgIpc) is 3.24. The third kappa shape index (κ3) is 5.52. The molecule has 0 saturated heterocycles. The molecule has 0 spiro atoms. The number of nitrogens with zero attached hydrogens (tertiary/aromatic N) is 2. The Balaban J connectivity index is 1.23. The monoisotopic (exact) mass is 462 g/mol. The van der Waals surface area contributed by atoms with Crippen molar-refractivity contribution in [2.24, 2.45) is 0 Å². The number of hydrogen-bond donors (Lipinski definition) is 0. The van der Waals surface area contributed by atoms with Gasteiger partial charge < -0.3 is 19.3 Å². The predicted octanol–water partition coefficient (Wildman–Crippen LogP) is 4.88. The van der Waals surface area contributed by atoms with Gasteiger partial charge in [0.15, 0.2) is 5.78 Å². The van der Waals surface area contributed by atoms with Crippen molar-refractivity contribution in [2.45, 2.75) is 64.3 Å². The summed E-state index contributed by atoms with van der Waals surface area (Å²) in [7, 11) is 1.73. The molecule has 1 atom stereocenters. The number of ketones is 1. The molecule has 0 N–H and O–H groups in total. The van der Waals surface area contributed by atoms with Crippen LogP contribution in [0.3, 0.4) is 0 Å². The van der Waals surface area contributed by atoms with E-state index in [9.17, 15) is 9.59 Å². The van der Waals surface area contributed by atoms with Gasteiger partial charge in [-0.1, -0.05) is 25.1 Å². The van der Waals surface area contributed by atoms with Gasteiger partial charge in [-0.15, -0.1) is 0 Å². The minimum absolute atomic E-state index is 0.0533. The first-order valence-electron chi connectivity index (χ1n) is 12.9. The van der Waals surface area contributed by atoms with E-state index in [0.29, 0.717) is 6.42 Å². The zero-order valence-corrected chi connectivity index (χ0v) is 20.7. The molecule has 0 saturated carbocycles. The van der Waals surface area contributed by atoms with Gasteiger partial charge in [-0.3, -0.25) is 4.79 Å². The molecule has 0 aromatic heterocycles. The van der Waals surface area contributed by atoms with Gasteiger partial charge in [-0.25, -0.2) is 0 Å². The van der Waals surface area contributed by atoms with Crippen LogP contribution in [0.15, 0.2) is 36.4 Å².